The molecule has 146 valence electrons. The molecule has 5 N–H and O–H groups in total. The van der Waals surface area contributed by atoms with Crippen LogP contribution in [0.1, 0.15) is 11.1 Å². The number of nitrogens with two attached hydrogens (primary N) is 2. The lowest BCUT2D eigenvalue weighted by atomic mass is 10.0. The number of nitrogen functional groups attached to an aromatic ring is 2. The van der Waals surface area contributed by atoms with Crippen molar-refractivity contribution in [2.75, 3.05) is 16.8 Å². The first-order chi connectivity index (χ1) is 14.6. The van der Waals surface area contributed by atoms with Crippen molar-refractivity contribution in [1.29, 1.82) is 0 Å². The van der Waals surface area contributed by atoms with Gasteiger partial charge in [-0.1, -0.05) is 18.2 Å². The summed E-state index contributed by atoms with van der Waals surface area (Å²) in [6, 6.07) is 30.7. The van der Waals surface area contributed by atoms with E-state index in [0.717, 1.165) is 51.0 Å². The summed E-state index contributed by atoms with van der Waals surface area (Å²) in [5, 5.41) is 5.59. The van der Waals surface area contributed by atoms with Crippen LogP contribution in [0.4, 0.5) is 22.7 Å². The van der Waals surface area contributed by atoms with Gasteiger partial charge in [-0.15, -0.1) is 0 Å². The predicted octanol–water partition coefficient (Wildman–Crippen LogP) is 5.89. The summed E-state index contributed by atoms with van der Waals surface area (Å²) in [4.78, 5) is 4.75. The van der Waals surface area contributed by atoms with E-state index in [1.165, 1.54) is 11.1 Å². The summed E-state index contributed by atoms with van der Waals surface area (Å²) >= 11 is 0. The number of anilines is 4. The molecule has 0 spiro atoms. The fourth-order valence-electron chi connectivity index (χ4n) is 3.69. The molecule has 5 aromatic rings. The summed E-state index contributed by atoms with van der Waals surface area (Å²) in [5.74, 6) is 0. The van der Waals surface area contributed by atoms with Crippen LogP contribution in [0.25, 0.3) is 21.8 Å². The Labute approximate surface area is 175 Å². The number of nitrogens with zero attached hydrogens (tertiary/aromatic N) is 1. The van der Waals surface area contributed by atoms with Crippen LogP contribution >= 0.6 is 0 Å². The zero-order valence-corrected chi connectivity index (χ0v) is 16.5. The largest absolute Gasteiger partial charge is 0.399 e. The third-order valence-electron chi connectivity index (χ3n) is 5.26. The van der Waals surface area contributed by atoms with Crippen LogP contribution in [0.3, 0.4) is 0 Å². The average Bonchev–Trinajstić information content (AvgIpc) is 2.75. The SMILES string of the molecule is Nc1ccc(Nc2ccc(Cc3ccc4nc5ccc(N)cc5cc4c3)cc2)cc1. The number of rotatable bonds is 4. The maximum absolute atomic E-state index is 5.93. The molecule has 0 aliphatic rings. The van der Waals surface area contributed by atoms with Gasteiger partial charge in [0.1, 0.15) is 0 Å². The molecule has 4 nitrogen and oxygen atoms in total. The Morgan fingerprint density at radius 3 is 1.87 bits per heavy atom. The molecule has 4 heteroatoms. The second-order valence-electron chi connectivity index (χ2n) is 7.59. The van der Waals surface area contributed by atoms with Gasteiger partial charge < -0.3 is 16.8 Å². The molecule has 0 aliphatic heterocycles. The van der Waals surface area contributed by atoms with Gasteiger partial charge in [0.25, 0.3) is 0 Å². The Kier molecular flexibility index (Phi) is 4.45. The van der Waals surface area contributed by atoms with Crippen LogP contribution in [0, 0.1) is 0 Å². The third kappa shape index (κ3) is 3.76. The summed E-state index contributed by atoms with van der Waals surface area (Å²) in [7, 11) is 0. The fourth-order valence-corrected chi connectivity index (χ4v) is 3.69. The number of benzene rings is 4. The molecule has 1 heterocycles. The van der Waals surface area contributed by atoms with Crippen molar-refractivity contribution >= 4 is 44.6 Å². The summed E-state index contributed by atoms with van der Waals surface area (Å²) in [5.41, 5.74) is 19.7. The van der Waals surface area contributed by atoms with Gasteiger partial charge in [-0.05, 0) is 90.3 Å². The molecule has 0 radical (unpaired) electrons. The van der Waals surface area contributed by atoms with Crippen molar-refractivity contribution < 1.29 is 0 Å². The molecule has 1 aromatic heterocycles. The van der Waals surface area contributed by atoms with Gasteiger partial charge in [-0.2, -0.15) is 0 Å². The van der Waals surface area contributed by atoms with E-state index in [1.54, 1.807) is 0 Å². The monoisotopic (exact) mass is 390 g/mol. The molecule has 0 amide bonds. The van der Waals surface area contributed by atoms with E-state index in [4.69, 9.17) is 16.5 Å². The maximum Gasteiger partial charge on any atom is 0.0711 e. The quantitative estimate of drug-likeness (QED) is 0.264. The zero-order chi connectivity index (χ0) is 20.5. The van der Waals surface area contributed by atoms with Gasteiger partial charge in [0.05, 0.1) is 11.0 Å². The Hall–Kier alpha value is -4.05. The van der Waals surface area contributed by atoms with Crippen molar-refractivity contribution in [3.63, 3.8) is 0 Å². The van der Waals surface area contributed by atoms with E-state index in [1.807, 2.05) is 42.5 Å². The molecule has 0 saturated heterocycles. The minimum absolute atomic E-state index is 0.757. The van der Waals surface area contributed by atoms with E-state index < -0.39 is 0 Å². The van der Waals surface area contributed by atoms with Crippen LogP contribution < -0.4 is 16.8 Å². The second-order valence-corrected chi connectivity index (χ2v) is 7.59. The summed E-state index contributed by atoms with van der Waals surface area (Å²) < 4.78 is 0. The second kappa shape index (κ2) is 7.41. The highest BCUT2D eigenvalue weighted by Crippen LogP contribution is 2.24. The molecule has 4 aromatic carbocycles. The lowest BCUT2D eigenvalue weighted by Crippen LogP contribution is -1.93. The molecular weight excluding hydrogens is 368 g/mol. The normalized spacial score (nSPS) is 11.1. The van der Waals surface area contributed by atoms with Gasteiger partial charge in [-0.3, -0.25) is 0 Å². The summed E-state index contributed by atoms with van der Waals surface area (Å²) in [6.45, 7) is 0. The average molecular weight is 390 g/mol. The van der Waals surface area contributed by atoms with Crippen molar-refractivity contribution in [3.8, 4) is 0 Å². The van der Waals surface area contributed by atoms with Crippen molar-refractivity contribution in [1.82, 2.24) is 4.98 Å². The van der Waals surface area contributed by atoms with E-state index in [-0.39, 0.29) is 0 Å². The van der Waals surface area contributed by atoms with Crippen LogP contribution in [0.2, 0.25) is 0 Å². The molecule has 5 rings (SSSR count). The lowest BCUT2D eigenvalue weighted by molar-refractivity contribution is 1.20. The highest BCUT2D eigenvalue weighted by Gasteiger charge is 2.04. The Bertz CT molecular complexity index is 1340. The first kappa shape index (κ1) is 18.0. The number of hydrogen-bond acceptors (Lipinski definition) is 4. The highest BCUT2D eigenvalue weighted by atomic mass is 14.9. The zero-order valence-electron chi connectivity index (χ0n) is 16.5. The molecule has 0 bridgehead atoms. The van der Waals surface area contributed by atoms with Crippen molar-refractivity contribution in [2.24, 2.45) is 0 Å². The minimum atomic E-state index is 0.757. The standard InChI is InChI=1S/C26H22N4/c27-21-4-9-24(10-5-21)29-23-7-1-17(2-8-23)13-18-3-11-25-19(14-18)15-20-16-22(28)6-12-26(20)30-25/h1-12,14-16,29H,13,27-28H2. The van der Waals surface area contributed by atoms with Crippen molar-refractivity contribution in [2.45, 2.75) is 6.42 Å². The van der Waals surface area contributed by atoms with Crippen molar-refractivity contribution in [3.05, 3.63) is 102 Å². The van der Waals surface area contributed by atoms with Gasteiger partial charge >= 0.3 is 0 Å². The first-order valence-electron chi connectivity index (χ1n) is 9.93. The Morgan fingerprint density at radius 2 is 1.13 bits per heavy atom. The molecule has 0 fully saturated rings. The lowest BCUT2D eigenvalue weighted by Gasteiger charge is -2.09. The molecule has 0 aliphatic carbocycles. The van der Waals surface area contributed by atoms with Gasteiger partial charge in [0, 0.05) is 33.5 Å². The smallest absolute Gasteiger partial charge is 0.0711 e. The van der Waals surface area contributed by atoms with E-state index in [9.17, 15) is 0 Å². The van der Waals surface area contributed by atoms with Gasteiger partial charge in [0.15, 0.2) is 0 Å². The van der Waals surface area contributed by atoms with Gasteiger partial charge in [-0.25, -0.2) is 4.98 Å². The van der Waals surface area contributed by atoms with E-state index >= 15 is 0 Å². The molecule has 0 unspecified atom stereocenters. The topological polar surface area (TPSA) is 77.0 Å². The molecule has 30 heavy (non-hydrogen) atoms. The minimum Gasteiger partial charge on any atom is -0.399 e. The maximum atomic E-state index is 5.93. The number of hydrogen-bond donors (Lipinski definition) is 3. The number of pyridine rings is 1. The van der Waals surface area contributed by atoms with Crippen LogP contribution in [0.5, 0.6) is 0 Å². The number of aromatic nitrogens is 1. The molecular formula is C26H22N4. The number of nitrogens with one attached hydrogen (secondary N) is 1. The number of fused-ring (bicyclic) bond motifs is 2. The van der Waals surface area contributed by atoms with Crippen LogP contribution in [-0.2, 0) is 6.42 Å². The summed E-state index contributed by atoms with van der Waals surface area (Å²) in [6.07, 6.45) is 0.868. The predicted molar refractivity (Wildman–Crippen MR) is 127 cm³/mol. The highest BCUT2D eigenvalue weighted by molar-refractivity contribution is 5.94. The first-order valence-corrected chi connectivity index (χ1v) is 9.93. The Balaban J connectivity index is 1.36. The van der Waals surface area contributed by atoms with Gasteiger partial charge in [0.2, 0.25) is 0 Å². The fraction of sp³-hybridized carbons (Fsp3) is 0.0385. The van der Waals surface area contributed by atoms with E-state index in [2.05, 4.69) is 53.8 Å². The Morgan fingerprint density at radius 1 is 0.567 bits per heavy atom. The molecule has 0 atom stereocenters. The third-order valence-corrected chi connectivity index (χ3v) is 5.26. The molecule has 0 saturated carbocycles. The van der Waals surface area contributed by atoms with Crippen LogP contribution in [-0.4, -0.2) is 4.98 Å². The van der Waals surface area contributed by atoms with E-state index in [0.29, 0.717) is 0 Å². The van der Waals surface area contributed by atoms with Crippen LogP contribution in [0.15, 0.2) is 91.0 Å².